The van der Waals surface area contributed by atoms with E-state index in [4.69, 9.17) is 0 Å². The summed E-state index contributed by atoms with van der Waals surface area (Å²) in [6.45, 7) is 7.03. The largest absolute Gasteiger partial charge is 0.316 e. The van der Waals surface area contributed by atoms with Gasteiger partial charge in [0.15, 0.2) is 0 Å². The second-order valence-electron chi connectivity index (χ2n) is 5.89. The highest BCUT2D eigenvalue weighted by atomic mass is 15.1. The minimum absolute atomic E-state index is 0.848. The van der Waals surface area contributed by atoms with Gasteiger partial charge < -0.3 is 10.2 Å². The van der Waals surface area contributed by atoms with E-state index in [1.165, 1.54) is 56.6 Å². The summed E-state index contributed by atoms with van der Waals surface area (Å²) in [5.41, 5.74) is 2.90. The lowest BCUT2D eigenvalue weighted by molar-refractivity contribution is 0.245. The van der Waals surface area contributed by atoms with Gasteiger partial charge in [0.25, 0.3) is 0 Å². The van der Waals surface area contributed by atoms with Gasteiger partial charge >= 0.3 is 0 Å². The lowest BCUT2D eigenvalue weighted by Gasteiger charge is -2.27. The predicted molar refractivity (Wildman–Crippen MR) is 82.6 cm³/mol. The van der Waals surface area contributed by atoms with Crippen molar-refractivity contribution in [2.45, 2.75) is 32.6 Å². The zero-order chi connectivity index (χ0) is 13.5. The summed E-state index contributed by atoms with van der Waals surface area (Å²) in [4.78, 5) is 2.49. The lowest BCUT2D eigenvalue weighted by atomic mass is 9.99. The van der Waals surface area contributed by atoms with Crippen LogP contribution in [0, 0.1) is 5.92 Å². The quantitative estimate of drug-likeness (QED) is 0.846. The van der Waals surface area contributed by atoms with Crippen LogP contribution in [0.15, 0.2) is 24.3 Å². The average Bonchev–Trinajstić information content (AvgIpc) is 2.47. The van der Waals surface area contributed by atoms with E-state index in [0.717, 1.165) is 12.3 Å². The lowest BCUT2D eigenvalue weighted by Crippen LogP contribution is -2.37. The molecule has 2 rings (SSSR count). The van der Waals surface area contributed by atoms with Gasteiger partial charge in [0, 0.05) is 13.1 Å². The Balaban J connectivity index is 1.71. The van der Waals surface area contributed by atoms with E-state index in [9.17, 15) is 0 Å². The van der Waals surface area contributed by atoms with E-state index in [1.807, 2.05) is 0 Å². The molecule has 1 aliphatic rings. The maximum Gasteiger partial charge on any atom is 0.00189 e. The van der Waals surface area contributed by atoms with Gasteiger partial charge in [-0.2, -0.15) is 0 Å². The third-order valence-corrected chi connectivity index (χ3v) is 4.18. The second kappa shape index (κ2) is 7.66. The molecule has 0 spiro atoms. The zero-order valence-corrected chi connectivity index (χ0v) is 12.5. The Morgan fingerprint density at radius 1 is 1.21 bits per heavy atom. The first-order chi connectivity index (χ1) is 9.28. The van der Waals surface area contributed by atoms with Crippen molar-refractivity contribution in [2.75, 3.05) is 33.2 Å². The molecule has 1 fully saturated rings. The normalized spacial score (nSPS) is 19.8. The van der Waals surface area contributed by atoms with Gasteiger partial charge in [0.2, 0.25) is 0 Å². The highest BCUT2D eigenvalue weighted by molar-refractivity contribution is 5.22. The Hall–Kier alpha value is -0.860. The maximum atomic E-state index is 3.50. The first kappa shape index (κ1) is 14.5. The van der Waals surface area contributed by atoms with Gasteiger partial charge in [0.05, 0.1) is 0 Å². The number of nitrogens with zero attached hydrogens (tertiary/aromatic N) is 1. The number of hydrogen-bond acceptors (Lipinski definition) is 2. The summed E-state index contributed by atoms with van der Waals surface area (Å²) in [6, 6.07) is 9.10. The summed E-state index contributed by atoms with van der Waals surface area (Å²) in [5.74, 6) is 0.848. The molecule has 1 aromatic rings. The van der Waals surface area contributed by atoms with E-state index < -0.39 is 0 Å². The Kier molecular flexibility index (Phi) is 5.87. The number of aryl methyl sites for hydroxylation is 1. The third kappa shape index (κ3) is 4.96. The highest BCUT2D eigenvalue weighted by Crippen LogP contribution is 2.12. The summed E-state index contributed by atoms with van der Waals surface area (Å²) in [7, 11) is 2.26. The first-order valence-electron chi connectivity index (χ1n) is 7.75. The van der Waals surface area contributed by atoms with E-state index in [1.54, 1.807) is 0 Å². The molecule has 0 radical (unpaired) electrons. The van der Waals surface area contributed by atoms with Crippen molar-refractivity contribution in [3.63, 3.8) is 0 Å². The zero-order valence-electron chi connectivity index (χ0n) is 12.5. The van der Waals surface area contributed by atoms with Gasteiger partial charge in [-0.1, -0.05) is 31.2 Å². The van der Waals surface area contributed by atoms with Gasteiger partial charge in [-0.15, -0.1) is 0 Å². The SMILES string of the molecule is CCc1ccc(CCN(C)CC2CCCNC2)cc1. The molecular weight excluding hydrogens is 232 g/mol. The van der Waals surface area contributed by atoms with Crippen LogP contribution in [0.3, 0.4) is 0 Å². The molecule has 1 saturated heterocycles. The van der Waals surface area contributed by atoms with E-state index in [2.05, 4.69) is 48.5 Å². The molecule has 19 heavy (non-hydrogen) atoms. The van der Waals surface area contributed by atoms with Crippen LogP contribution in [0.1, 0.15) is 30.9 Å². The molecule has 0 amide bonds. The van der Waals surface area contributed by atoms with Crippen LogP contribution < -0.4 is 5.32 Å². The summed E-state index contributed by atoms with van der Waals surface area (Å²) < 4.78 is 0. The molecule has 0 aromatic heterocycles. The van der Waals surface area contributed by atoms with Gasteiger partial charge in [0.1, 0.15) is 0 Å². The topological polar surface area (TPSA) is 15.3 Å². The van der Waals surface area contributed by atoms with Gasteiger partial charge in [-0.25, -0.2) is 0 Å². The first-order valence-corrected chi connectivity index (χ1v) is 7.75. The van der Waals surface area contributed by atoms with Crippen molar-refractivity contribution in [3.8, 4) is 0 Å². The standard InChI is InChI=1S/C17H28N2/c1-3-15-6-8-16(9-7-15)10-12-19(2)14-17-5-4-11-18-13-17/h6-9,17-18H,3-5,10-14H2,1-2H3. The second-order valence-corrected chi connectivity index (χ2v) is 5.89. The number of benzene rings is 1. The summed E-state index contributed by atoms with van der Waals surface area (Å²) in [6.07, 6.45) is 5.04. The Morgan fingerprint density at radius 2 is 1.95 bits per heavy atom. The molecule has 0 aliphatic carbocycles. The maximum absolute atomic E-state index is 3.50. The molecule has 1 atom stereocenters. The fraction of sp³-hybridized carbons (Fsp3) is 0.647. The minimum Gasteiger partial charge on any atom is -0.316 e. The number of likely N-dealkylation sites (N-methyl/N-ethyl adjacent to an activating group) is 1. The van der Waals surface area contributed by atoms with Crippen LogP contribution in [0.25, 0.3) is 0 Å². The van der Waals surface area contributed by atoms with E-state index in [0.29, 0.717) is 0 Å². The predicted octanol–water partition coefficient (Wildman–Crippen LogP) is 2.72. The van der Waals surface area contributed by atoms with Crippen molar-refractivity contribution in [2.24, 2.45) is 5.92 Å². The number of piperidine rings is 1. The molecule has 106 valence electrons. The van der Waals surface area contributed by atoms with Crippen molar-refractivity contribution in [3.05, 3.63) is 35.4 Å². The molecule has 1 aromatic carbocycles. The van der Waals surface area contributed by atoms with Gasteiger partial charge in [-0.3, -0.25) is 0 Å². The summed E-state index contributed by atoms with van der Waals surface area (Å²) >= 11 is 0. The molecule has 1 aliphatic heterocycles. The van der Waals surface area contributed by atoms with Crippen LogP contribution >= 0.6 is 0 Å². The Bertz CT molecular complexity index is 352. The smallest absolute Gasteiger partial charge is 0.00189 e. The number of hydrogen-bond donors (Lipinski definition) is 1. The summed E-state index contributed by atoms with van der Waals surface area (Å²) in [5, 5.41) is 3.50. The number of rotatable bonds is 6. The molecule has 1 unspecified atom stereocenters. The molecule has 0 saturated carbocycles. The van der Waals surface area contributed by atoms with Crippen molar-refractivity contribution < 1.29 is 0 Å². The minimum atomic E-state index is 0.848. The van der Waals surface area contributed by atoms with Crippen molar-refractivity contribution >= 4 is 0 Å². The fourth-order valence-electron chi connectivity index (χ4n) is 2.87. The van der Waals surface area contributed by atoms with Crippen LogP contribution in [0.5, 0.6) is 0 Å². The average molecular weight is 260 g/mol. The molecular formula is C17H28N2. The monoisotopic (exact) mass is 260 g/mol. The van der Waals surface area contributed by atoms with Crippen LogP contribution in [0.4, 0.5) is 0 Å². The van der Waals surface area contributed by atoms with Gasteiger partial charge in [-0.05, 0) is 62.9 Å². The molecule has 0 bridgehead atoms. The van der Waals surface area contributed by atoms with Crippen molar-refractivity contribution in [1.29, 1.82) is 0 Å². The van der Waals surface area contributed by atoms with Crippen molar-refractivity contribution in [1.82, 2.24) is 10.2 Å². The van der Waals surface area contributed by atoms with Crippen LogP contribution in [0.2, 0.25) is 0 Å². The van der Waals surface area contributed by atoms with E-state index >= 15 is 0 Å². The Labute approximate surface area is 118 Å². The van der Waals surface area contributed by atoms with Crippen LogP contribution in [-0.4, -0.2) is 38.1 Å². The highest BCUT2D eigenvalue weighted by Gasteiger charge is 2.14. The molecule has 1 N–H and O–H groups in total. The Morgan fingerprint density at radius 3 is 2.58 bits per heavy atom. The fourth-order valence-corrected chi connectivity index (χ4v) is 2.87. The molecule has 1 heterocycles. The number of nitrogens with one attached hydrogen (secondary N) is 1. The molecule has 2 heteroatoms. The molecule has 2 nitrogen and oxygen atoms in total. The van der Waals surface area contributed by atoms with Crippen LogP contribution in [-0.2, 0) is 12.8 Å². The third-order valence-electron chi connectivity index (χ3n) is 4.18. The van der Waals surface area contributed by atoms with E-state index in [-0.39, 0.29) is 0 Å².